The fourth-order valence-electron chi connectivity index (χ4n) is 0.966. The molecule has 0 aliphatic rings. The molecule has 0 spiro atoms. The summed E-state index contributed by atoms with van der Waals surface area (Å²) in [7, 11) is 0. The van der Waals surface area contributed by atoms with Gasteiger partial charge in [-0.3, -0.25) is 4.79 Å². The predicted octanol–water partition coefficient (Wildman–Crippen LogP) is 1.95. The van der Waals surface area contributed by atoms with Gasteiger partial charge in [-0.25, -0.2) is 0 Å². The largest absolute Gasteiger partial charge is 0.481 e. The zero-order valence-corrected chi connectivity index (χ0v) is 8.21. The van der Waals surface area contributed by atoms with Crippen molar-refractivity contribution in [2.45, 2.75) is 6.42 Å². The number of nitriles is 1. The van der Waals surface area contributed by atoms with Crippen LogP contribution in [0, 0.1) is 11.3 Å². The molecule has 0 heterocycles. The number of carbonyl (C=O) groups is 1. The molecule has 1 N–H and O–H groups in total. The van der Waals surface area contributed by atoms with Gasteiger partial charge in [0.25, 0.3) is 0 Å². The summed E-state index contributed by atoms with van der Waals surface area (Å²) in [4.78, 5) is 10.4. The maximum Gasteiger partial charge on any atom is 0.307 e. The zero-order chi connectivity index (χ0) is 9.84. The van der Waals surface area contributed by atoms with Crippen LogP contribution < -0.4 is 0 Å². The van der Waals surface area contributed by atoms with E-state index in [1.807, 2.05) is 6.07 Å². The maximum atomic E-state index is 10.4. The fraction of sp³-hybridized carbons (Fsp3) is 0.111. The summed E-state index contributed by atoms with van der Waals surface area (Å²) >= 11 is 3.18. The summed E-state index contributed by atoms with van der Waals surface area (Å²) in [5.74, 6) is -0.907. The summed E-state index contributed by atoms with van der Waals surface area (Å²) in [6, 6.07) is 6.95. The van der Waals surface area contributed by atoms with E-state index >= 15 is 0 Å². The van der Waals surface area contributed by atoms with E-state index in [-0.39, 0.29) is 6.42 Å². The third kappa shape index (κ3) is 2.30. The molecule has 3 nitrogen and oxygen atoms in total. The van der Waals surface area contributed by atoms with Gasteiger partial charge in [0.2, 0.25) is 0 Å². The van der Waals surface area contributed by atoms with E-state index in [2.05, 4.69) is 15.9 Å². The minimum absolute atomic E-state index is 0.0733. The number of aliphatic carboxylic acids is 1. The van der Waals surface area contributed by atoms with Crippen molar-refractivity contribution in [2.24, 2.45) is 0 Å². The molecular weight excluding hydrogens is 234 g/mol. The second kappa shape index (κ2) is 4.06. The lowest BCUT2D eigenvalue weighted by Crippen LogP contribution is -2.01. The van der Waals surface area contributed by atoms with Gasteiger partial charge in [-0.2, -0.15) is 5.26 Å². The predicted molar refractivity (Wildman–Crippen MR) is 50.2 cm³/mol. The molecule has 0 aliphatic carbocycles. The van der Waals surface area contributed by atoms with Crippen molar-refractivity contribution in [3.8, 4) is 6.07 Å². The number of carboxylic acid groups (broad SMARTS) is 1. The number of hydrogen-bond donors (Lipinski definition) is 1. The van der Waals surface area contributed by atoms with Crippen molar-refractivity contribution in [3.63, 3.8) is 0 Å². The lowest BCUT2D eigenvalue weighted by atomic mass is 10.1. The number of hydrogen-bond acceptors (Lipinski definition) is 2. The molecule has 0 aromatic heterocycles. The Morgan fingerprint density at radius 2 is 2.31 bits per heavy atom. The highest BCUT2D eigenvalue weighted by Gasteiger charge is 2.07. The van der Waals surface area contributed by atoms with Crippen molar-refractivity contribution in [1.29, 1.82) is 5.26 Å². The Morgan fingerprint density at radius 3 is 2.85 bits per heavy atom. The van der Waals surface area contributed by atoms with Crippen molar-refractivity contribution in [3.05, 3.63) is 33.8 Å². The van der Waals surface area contributed by atoms with Crippen LogP contribution >= 0.6 is 15.9 Å². The Kier molecular flexibility index (Phi) is 3.04. The molecule has 0 amide bonds. The standard InChI is InChI=1S/C9H6BrNO2/c10-9-6(4-8(12)13)2-1-3-7(9)5-11/h1-3H,4H2,(H,12,13). The van der Waals surface area contributed by atoms with Gasteiger partial charge >= 0.3 is 5.97 Å². The van der Waals surface area contributed by atoms with E-state index in [1.54, 1.807) is 18.2 Å². The van der Waals surface area contributed by atoms with Gasteiger partial charge in [0, 0.05) is 4.47 Å². The maximum absolute atomic E-state index is 10.4. The van der Waals surface area contributed by atoms with Crippen LogP contribution in [0.2, 0.25) is 0 Å². The Labute approximate surface area is 83.7 Å². The van der Waals surface area contributed by atoms with Crippen LogP contribution in [0.15, 0.2) is 22.7 Å². The molecule has 1 aromatic rings. The average molecular weight is 240 g/mol. The molecule has 0 bridgehead atoms. The molecule has 0 saturated heterocycles. The number of nitrogens with zero attached hydrogens (tertiary/aromatic N) is 1. The normalized spacial score (nSPS) is 9.23. The minimum atomic E-state index is -0.907. The first-order valence-corrected chi connectivity index (χ1v) is 4.33. The number of halogens is 1. The Morgan fingerprint density at radius 1 is 1.62 bits per heavy atom. The van der Waals surface area contributed by atoms with E-state index in [9.17, 15) is 4.79 Å². The Balaban J connectivity index is 3.10. The Hall–Kier alpha value is -1.34. The summed E-state index contributed by atoms with van der Waals surface area (Å²) in [6.07, 6.45) is -0.0733. The quantitative estimate of drug-likeness (QED) is 0.859. The summed E-state index contributed by atoms with van der Waals surface area (Å²) in [5, 5.41) is 17.2. The third-order valence-electron chi connectivity index (χ3n) is 1.54. The van der Waals surface area contributed by atoms with E-state index < -0.39 is 5.97 Å². The molecule has 0 unspecified atom stereocenters. The lowest BCUT2D eigenvalue weighted by Gasteiger charge is -2.01. The average Bonchev–Trinajstić information content (AvgIpc) is 2.08. The van der Waals surface area contributed by atoms with E-state index in [1.165, 1.54) is 0 Å². The highest BCUT2D eigenvalue weighted by molar-refractivity contribution is 9.10. The van der Waals surface area contributed by atoms with Crippen LogP contribution in [-0.4, -0.2) is 11.1 Å². The topological polar surface area (TPSA) is 61.1 Å². The van der Waals surface area contributed by atoms with Gasteiger partial charge in [0.1, 0.15) is 6.07 Å². The van der Waals surface area contributed by atoms with Crippen LogP contribution in [0.5, 0.6) is 0 Å². The summed E-state index contributed by atoms with van der Waals surface area (Å²) < 4.78 is 0.569. The number of carboxylic acids is 1. The van der Waals surface area contributed by atoms with Crippen LogP contribution in [0.1, 0.15) is 11.1 Å². The lowest BCUT2D eigenvalue weighted by molar-refractivity contribution is -0.136. The summed E-state index contributed by atoms with van der Waals surface area (Å²) in [6.45, 7) is 0. The second-order valence-corrected chi connectivity index (χ2v) is 3.25. The van der Waals surface area contributed by atoms with E-state index in [4.69, 9.17) is 10.4 Å². The molecule has 0 saturated carbocycles. The van der Waals surface area contributed by atoms with Gasteiger partial charge in [0.15, 0.2) is 0 Å². The molecule has 0 fully saturated rings. The molecule has 0 radical (unpaired) electrons. The van der Waals surface area contributed by atoms with Crippen LogP contribution in [0.4, 0.5) is 0 Å². The van der Waals surface area contributed by atoms with E-state index in [0.717, 1.165) is 0 Å². The molecule has 4 heteroatoms. The first-order chi connectivity index (χ1) is 6.15. The molecule has 1 rings (SSSR count). The van der Waals surface area contributed by atoms with Crippen molar-refractivity contribution in [1.82, 2.24) is 0 Å². The number of benzene rings is 1. The molecular formula is C9H6BrNO2. The first-order valence-electron chi connectivity index (χ1n) is 3.54. The molecule has 1 aromatic carbocycles. The molecule has 0 aliphatic heterocycles. The molecule has 66 valence electrons. The van der Waals surface area contributed by atoms with Gasteiger partial charge in [-0.1, -0.05) is 12.1 Å². The van der Waals surface area contributed by atoms with Crippen LogP contribution in [-0.2, 0) is 11.2 Å². The van der Waals surface area contributed by atoms with Crippen molar-refractivity contribution < 1.29 is 9.90 Å². The van der Waals surface area contributed by atoms with Crippen LogP contribution in [0.25, 0.3) is 0 Å². The van der Waals surface area contributed by atoms with E-state index in [0.29, 0.717) is 15.6 Å². The third-order valence-corrected chi connectivity index (χ3v) is 2.48. The zero-order valence-electron chi connectivity index (χ0n) is 6.62. The van der Waals surface area contributed by atoms with Gasteiger partial charge in [-0.05, 0) is 27.6 Å². The summed E-state index contributed by atoms with van der Waals surface area (Å²) in [5.41, 5.74) is 1.07. The highest BCUT2D eigenvalue weighted by Crippen LogP contribution is 2.21. The number of rotatable bonds is 2. The fourth-order valence-corrected chi connectivity index (χ4v) is 1.46. The second-order valence-electron chi connectivity index (χ2n) is 2.46. The molecule has 0 atom stereocenters. The van der Waals surface area contributed by atoms with Crippen molar-refractivity contribution >= 4 is 21.9 Å². The Bertz CT molecular complexity index is 382. The molecule has 13 heavy (non-hydrogen) atoms. The van der Waals surface area contributed by atoms with Crippen LogP contribution in [0.3, 0.4) is 0 Å². The van der Waals surface area contributed by atoms with Crippen molar-refractivity contribution in [2.75, 3.05) is 0 Å². The van der Waals surface area contributed by atoms with Gasteiger partial charge in [0.05, 0.1) is 12.0 Å². The van der Waals surface area contributed by atoms with Gasteiger partial charge < -0.3 is 5.11 Å². The highest BCUT2D eigenvalue weighted by atomic mass is 79.9. The first kappa shape index (κ1) is 9.75. The monoisotopic (exact) mass is 239 g/mol. The smallest absolute Gasteiger partial charge is 0.307 e. The van der Waals surface area contributed by atoms with Gasteiger partial charge in [-0.15, -0.1) is 0 Å². The SMILES string of the molecule is N#Cc1cccc(CC(=O)O)c1Br. The minimum Gasteiger partial charge on any atom is -0.481 e.